The quantitative estimate of drug-likeness (QED) is 0.554. The number of ether oxygens (including phenoxy) is 1. The van der Waals surface area contributed by atoms with E-state index in [-0.39, 0.29) is 12.5 Å². The minimum absolute atomic E-state index is 0.00667. The van der Waals surface area contributed by atoms with Crippen molar-refractivity contribution in [3.05, 3.63) is 89.5 Å². The number of nitrogens with two attached hydrogens (primary N) is 1. The van der Waals surface area contributed by atoms with Crippen LogP contribution in [-0.2, 0) is 17.8 Å². The van der Waals surface area contributed by atoms with Gasteiger partial charge in [-0.05, 0) is 46.4 Å². The molecule has 29 heavy (non-hydrogen) atoms. The molecule has 3 N–H and O–H groups in total. The summed E-state index contributed by atoms with van der Waals surface area (Å²) in [5.74, 6) is 0.101. The smallest absolute Gasteiger partial charge is 0.307 e. The second kappa shape index (κ2) is 9.39. The molecule has 0 aliphatic heterocycles. The van der Waals surface area contributed by atoms with Crippen LogP contribution in [0.25, 0.3) is 11.1 Å². The highest BCUT2D eigenvalue weighted by atomic mass is 16.5. The first-order valence-electron chi connectivity index (χ1n) is 9.81. The third kappa shape index (κ3) is 5.46. The Bertz CT molecular complexity index is 981. The number of carboxylic acid groups (broad SMARTS) is 1. The molecule has 0 bridgehead atoms. The second-order valence-corrected chi connectivity index (χ2v) is 7.56. The van der Waals surface area contributed by atoms with Crippen LogP contribution in [-0.4, -0.2) is 11.1 Å². The van der Waals surface area contributed by atoms with Crippen molar-refractivity contribution < 1.29 is 14.6 Å². The highest BCUT2D eigenvalue weighted by Gasteiger charge is 2.12. The summed E-state index contributed by atoms with van der Waals surface area (Å²) in [6.45, 7) is 4.62. The van der Waals surface area contributed by atoms with Gasteiger partial charge < -0.3 is 15.6 Å². The first kappa shape index (κ1) is 20.6. The van der Waals surface area contributed by atoms with Crippen LogP contribution in [0.1, 0.15) is 36.6 Å². The molecule has 0 saturated heterocycles. The average Bonchev–Trinajstić information content (AvgIpc) is 2.72. The molecule has 3 aromatic carbocycles. The van der Waals surface area contributed by atoms with Gasteiger partial charge in [-0.2, -0.15) is 0 Å². The topological polar surface area (TPSA) is 72.5 Å². The first-order chi connectivity index (χ1) is 13.9. The summed E-state index contributed by atoms with van der Waals surface area (Å²) in [6.07, 6.45) is -0.0564. The van der Waals surface area contributed by atoms with E-state index >= 15 is 0 Å². The Balaban J connectivity index is 1.78. The van der Waals surface area contributed by atoms with Crippen LogP contribution in [0, 0.1) is 5.92 Å². The maximum absolute atomic E-state index is 11.0. The van der Waals surface area contributed by atoms with Crippen molar-refractivity contribution in [2.75, 3.05) is 0 Å². The van der Waals surface area contributed by atoms with Gasteiger partial charge in [-0.3, -0.25) is 4.79 Å². The van der Waals surface area contributed by atoms with Crippen LogP contribution in [0.2, 0.25) is 0 Å². The zero-order chi connectivity index (χ0) is 20.8. The Kier molecular flexibility index (Phi) is 6.68. The zero-order valence-corrected chi connectivity index (χ0v) is 16.8. The van der Waals surface area contributed by atoms with E-state index in [0.717, 1.165) is 22.3 Å². The fourth-order valence-electron chi connectivity index (χ4n) is 3.27. The number of aliphatic carboxylic acids is 1. The number of para-hydroxylation sites is 1. The largest absolute Gasteiger partial charge is 0.489 e. The SMILES string of the molecule is CC(C)[C@@H](N)c1cccc(-c2cccc(COc3ccccc3CC(=O)O)c2)c1. The van der Waals surface area contributed by atoms with Gasteiger partial charge in [-0.15, -0.1) is 0 Å². The van der Waals surface area contributed by atoms with Crippen molar-refractivity contribution in [1.29, 1.82) is 0 Å². The lowest BCUT2D eigenvalue weighted by atomic mass is 9.93. The predicted molar refractivity (Wildman–Crippen MR) is 116 cm³/mol. The standard InChI is InChI=1S/C25H27NO3/c1-17(2)25(26)22-11-6-10-20(14-22)19-9-5-7-18(13-19)16-29-23-12-4-3-8-21(23)15-24(27)28/h3-14,17,25H,15-16,26H2,1-2H3,(H,27,28)/t25-/m1/s1. The number of hydrogen-bond donors (Lipinski definition) is 2. The van der Waals surface area contributed by atoms with Crippen molar-refractivity contribution in [3.63, 3.8) is 0 Å². The summed E-state index contributed by atoms with van der Waals surface area (Å²) in [7, 11) is 0. The van der Waals surface area contributed by atoms with E-state index in [4.69, 9.17) is 15.6 Å². The van der Waals surface area contributed by atoms with Crippen LogP contribution in [0.15, 0.2) is 72.8 Å². The van der Waals surface area contributed by atoms with E-state index in [1.807, 2.05) is 30.3 Å². The highest BCUT2D eigenvalue weighted by molar-refractivity contribution is 5.71. The van der Waals surface area contributed by atoms with E-state index in [0.29, 0.717) is 23.8 Å². The molecule has 0 unspecified atom stereocenters. The summed E-state index contributed by atoms with van der Waals surface area (Å²) in [4.78, 5) is 11.0. The lowest BCUT2D eigenvalue weighted by Crippen LogP contribution is -2.16. The van der Waals surface area contributed by atoms with Gasteiger partial charge in [0.05, 0.1) is 6.42 Å². The summed E-state index contributed by atoms with van der Waals surface area (Å²) in [5, 5.41) is 9.07. The van der Waals surface area contributed by atoms with Gasteiger partial charge in [0.2, 0.25) is 0 Å². The summed E-state index contributed by atoms with van der Waals surface area (Å²) >= 11 is 0. The molecule has 150 valence electrons. The van der Waals surface area contributed by atoms with Crippen molar-refractivity contribution in [2.45, 2.75) is 32.9 Å². The Labute approximate surface area is 172 Å². The predicted octanol–water partition coefficient (Wildman–Crippen LogP) is 5.22. The Morgan fingerprint density at radius 3 is 2.38 bits per heavy atom. The van der Waals surface area contributed by atoms with Gasteiger partial charge in [-0.25, -0.2) is 0 Å². The minimum atomic E-state index is -0.873. The van der Waals surface area contributed by atoms with Crippen molar-refractivity contribution >= 4 is 5.97 Å². The number of benzene rings is 3. The van der Waals surface area contributed by atoms with Gasteiger partial charge in [0.25, 0.3) is 0 Å². The summed E-state index contributed by atoms with van der Waals surface area (Å²) in [5.41, 5.74) is 11.3. The molecular formula is C25H27NO3. The van der Waals surface area contributed by atoms with Gasteiger partial charge in [-0.1, -0.05) is 68.4 Å². The fourth-order valence-corrected chi connectivity index (χ4v) is 3.27. The van der Waals surface area contributed by atoms with Crippen LogP contribution in [0.5, 0.6) is 5.75 Å². The number of carboxylic acids is 1. The van der Waals surface area contributed by atoms with Crippen molar-refractivity contribution in [3.8, 4) is 16.9 Å². The third-order valence-corrected chi connectivity index (χ3v) is 4.96. The minimum Gasteiger partial charge on any atom is -0.489 e. The zero-order valence-electron chi connectivity index (χ0n) is 16.8. The molecule has 1 atom stereocenters. The molecule has 0 fully saturated rings. The molecule has 3 rings (SSSR count). The van der Waals surface area contributed by atoms with Crippen molar-refractivity contribution in [1.82, 2.24) is 0 Å². The molecule has 0 saturated carbocycles. The molecule has 4 nitrogen and oxygen atoms in total. The molecule has 0 heterocycles. The van der Waals surface area contributed by atoms with Gasteiger partial charge in [0, 0.05) is 11.6 Å². The van der Waals surface area contributed by atoms with Crippen molar-refractivity contribution in [2.24, 2.45) is 11.7 Å². The number of carbonyl (C=O) groups is 1. The number of rotatable bonds is 8. The molecule has 3 aromatic rings. The molecule has 0 radical (unpaired) electrons. The molecule has 0 amide bonds. The third-order valence-electron chi connectivity index (χ3n) is 4.96. The fraction of sp³-hybridized carbons (Fsp3) is 0.240. The molecule has 0 aromatic heterocycles. The summed E-state index contributed by atoms with van der Waals surface area (Å²) in [6, 6.07) is 23.8. The highest BCUT2D eigenvalue weighted by Crippen LogP contribution is 2.27. The van der Waals surface area contributed by atoms with Crippen LogP contribution < -0.4 is 10.5 Å². The lowest BCUT2D eigenvalue weighted by molar-refractivity contribution is -0.136. The van der Waals surface area contributed by atoms with E-state index in [1.54, 1.807) is 12.1 Å². The van der Waals surface area contributed by atoms with E-state index in [2.05, 4.69) is 44.2 Å². The number of hydrogen-bond acceptors (Lipinski definition) is 3. The second-order valence-electron chi connectivity index (χ2n) is 7.56. The monoisotopic (exact) mass is 389 g/mol. The Hall–Kier alpha value is -3.11. The average molecular weight is 389 g/mol. The molecule has 0 spiro atoms. The van der Waals surface area contributed by atoms with Gasteiger partial charge in [0.15, 0.2) is 0 Å². The van der Waals surface area contributed by atoms with Crippen LogP contribution in [0.3, 0.4) is 0 Å². The maximum Gasteiger partial charge on any atom is 0.307 e. The Morgan fingerprint density at radius 2 is 1.66 bits per heavy atom. The lowest BCUT2D eigenvalue weighted by Gasteiger charge is -2.17. The first-order valence-corrected chi connectivity index (χ1v) is 9.81. The molecule has 0 aliphatic carbocycles. The molecular weight excluding hydrogens is 362 g/mol. The van der Waals surface area contributed by atoms with Crippen LogP contribution >= 0.6 is 0 Å². The molecule has 0 aliphatic rings. The Morgan fingerprint density at radius 1 is 0.966 bits per heavy atom. The van der Waals surface area contributed by atoms with Gasteiger partial charge in [0.1, 0.15) is 12.4 Å². The van der Waals surface area contributed by atoms with E-state index in [1.165, 1.54) is 0 Å². The van der Waals surface area contributed by atoms with E-state index < -0.39 is 5.97 Å². The summed E-state index contributed by atoms with van der Waals surface area (Å²) < 4.78 is 5.93. The maximum atomic E-state index is 11.0. The van der Waals surface area contributed by atoms with Crippen LogP contribution in [0.4, 0.5) is 0 Å². The van der Waals surface area contributed by atoms with Gasteiger partial charge >= 0.3 is 5.97 Å². The molecule has 4 heteroatoms. The normalized spacial score (nSPS) is 12.0. The van der Waals surface area contributed by atoms with E-state index in [9.17, 15) is 4.79 Å².